The highest BCUT2D eigenvalue weighted by atomic mass is 19.4. The molecule has 2 aromatic rings. The highest BCUT2D eigenvalue weighted by Crippen LogP contribution is 2.58. The Hall–Kier alpha value is -3.60. The Kier molecular flexibility index (Phi) is 9.23. The lowest BCUT2D eigenvalue weighted by molar-refractivity contribution is -0.350. The molecule has 1 N–H and O–H groups in total. The smallest absolute Gasteiger partial charge is 0.436 e. The molecule has 0 fully saturated rings. The van der Waals surface area contributed by atoms with Gasteiger partial charge in [0.2, 0.25) is 6.10 Å². The van der Waals surface area contributed by atoms with Gasteiger partial charge >= 0.3 is 36.0 Å². The Morgan fingerprint density at radius 1 is 0.651 bits per heavy atom. The average Bonchev–Trinajstić information content (AvgIpc) is 2.83. The minimum atomic E-state index is -7.16. The molecule has 240 valence electrons. The van der Waals surface area contributed by atoms with E-state index in [9.17, 15) is 66.7 Å². The minimum Gasteiger partial charge on any atom is -0.472 e. The number of hydrogen-bond acceptors (Lipinski definition) is 3. The Labute approximate surface area is 233 Å². The van der Waals surface area contributed by atoms with Gasteiger partial charge in [-0.25, -0.2) is 8.78 Å². The molecule has 0 radical (unpaired) electrons. The van der Waals surface area contributed by atoms with Gasteiger partial charge in [0.1, 0.15) is 5.75 Å². The zero-order chi connectivity index (χ0) is 33.6. The van der Waals surface area contributed by atoms with Crippen molar-refractivity contribution >= 4 is 17.4 Å². The number of carbonyl (C=O) groups excluding carboxylic acids is 2. The number of rotatable bonds is 7. The number of ether oxygens (including phenoxy) is 1. The van der Waals surface area contributed by atoms with Crippen LogP contribution in [0.15, 0.2) is 48.5 Å². The molecule has 43 heavy (non-hydrogen) atoms. The second-order valence-corrected chi connectivity index (χ2v) is 9.99. The van der Waals surface area contributed by atoms with Crippen molar-refractivity contribution in [2.75, 3.05) is 5.32 Å². The molecule has 0 spiro atoms. The zero-order valence-corrected chi connectivity index (χ0v) is 21.7. The van der Waals surface area contributed by atoms with Crippen LogP contribution in [0.2, 0.25) is 0 Å². The number of alkyl halides is 14. The zero-order valence-electron chi connectivity index (χ0n) is 21.7. The van der Waals surface area contributed by atoms with Gasteiger partial charge in [-0.2, -0.15) is 52.7 Å². The first-order valence-corrected chi connectivity index (χ1v) is 11.5. The molecule has 0 aliphatic heterocycles. The molecule has 0 unspecified atom stereocenters. The van der Waals surface area contributed by atoms with Crippen LogP contribution in [0.4, 0.5) is 67.2 Å². The van der Waals surface area contributed by atoms with Crippen molar-refractivity contribution in [3.05, 3.63) is 59.7 Å². The maximum absolute atomic E-state index is 15.2. The molecule has 0 aromatic heterocycles. The van der Waals surface area contributed by atoms with Gasteiger partial charge in [-0.05, 0) is 24.3 Å². The monoisotopic (exact) mass is 647 g/mol. The summed E-state index contributed by atoms with van der Waals surface area (Å²) >= 11 is 0. The Morgan fingerprint density at radius 2 is 1.09 bits per heavy atom. The summed E-state index contributed by atoms with van der Waals surface area (Å²) in [4.78, 5) is 25.9. The van der Waals surface area contributed by atoms with E-state index in [1.807, 2.05) is 5.32 Å². The molecule has 2 rings (SSSR count). The van der Waals surface area contributed by atoms with Crippen molar-refractivity contribution in [2.24, 2.45) is 5.41 Å². The second kappa shape index (κ2) is 11.2. The fourth-order valence-electron chi connectivity index (χ4n) is 3.55. The normalized spacial score (nSPS) is 14.7. The average molecular weight is 647 g/mol. The molecule has 0 aliphatic carbocycles. The molecule has 0 saturated heterocycles. The van der Waals surface area contributed by atoms with Gasteiger partial charge in [0.25, 0.3) is 5.91 Å². The lowest BCUT2D eigenvalue weighted by Gasteiger charge is -2.35. The molecule has 18 heteroatoms. The molecular formula is C25H19F14NO3. The van der Waals surface area contributed by atoms with Crippen molar-refractivity contribution in [2.45, 2.75) is 62.9 Å². The molecule has 0 heterocycles. The largest absolute Gasteiger partial charge is 0.472 e. The van der Waals surface area contributed by atoms with E-state index in [0.29, 0.717) is 0 Å². The van der Waals surface area contributed by atoms with Crippen molar-refractivity contribution in [1.82, 2.24) is 0 Å². The van der Waals surface area contributed by atoms with Crippen LogP contribution in [0.3, 0.4) is 0 Å². The lowest BCUT2D eigenvalue weighted by Crippen LogP contribution is -2.53. The standard InChI is InChI=1S/C25H19F14NO3/c1-19(2,3)17(41)16(18(42)40-13-7-5-4-6-8-13)43-15-10-9-12(20(26,22(28,29)30)23(31,32)33)11-14(15)21(27,24(34,35)36)25(37,38)39/h4-11,16H,1-3H3,(H,40,42)/t16-/m1/s1. The number of amides is 1. The summed E-state index contributed by atoms with van der Waals surface area (Å²) in [5.74, 6) is -5.11. The van der Waals surface area contributed by atoms with E-state index < -0.39 is 94.3 Å². The summed E-state index contributed by atoms with van der Waals surface area (Å²) in [6.45, 7) is 3.29. The van der Waals surface area contributed by atoms with Crippen molar-refractivity contribution in [3.8, 4) is 5.75 Å². The predicted octanol–water partition coefficient (Wildman–Crippen LogP) is 8.27. The van der Waals surface area contributed by atoms with E-state index >= 15 is 4.39 Å². The minimum absolute atomic E-state index is 0.110. The van der Waals surface area contributed by atoms with Gasteiger partial charge in [0, 0.05) is 16.7 Å². The summed E-state index contributed by atoms with van der Waals surface area (Å²) in [7, 11) is 0. The summed E-state index contributed by atoms with van der Waals surface area (Å²) in [5.41, 5.74) is -21.3. The topological polar surface area (TPSA) is 55.4 Å². The van der Waals surface area contributed by atoms with Gasteiger partial charge in [-0.1, -0.05) is 45.0 Å². The van der Waals surface area contributed by atoms with Gasteiger partial charge < -0.3 is 10.1 Å². The van der Waals surface area contributed by atoms with Crippen LogP contribution in [0.25, 0.3) is 0 Å². The summed E-state index contributed by atoms with van der Waals surface area (Å²) in [6.07, 6.45) is -31.1. The fraction of sp³-hybridized carbons (Fsp3) is 0.440. The van der Waals surface area contributed by atoms with Crippen LogP contribution in [0.1, 0.15) is 31.9 Å². The number of anilines is 1. The Balaban J connectivity index is 2.96. The van der Waals surface area contributed by atoms with Crippen LogP contribution in [0.5, 0.6) is 5.75 Å². The number of carbonyl (C=O) groups is 2. The predicted molar refractivity (Wildman–Crippen MR) is 120 cm³/mol. The molecule has 4 nitrogen and oxygen atoms in total. The van der Waals surface area contributed by atoms with Crippen LogP contribution < -0.4 is 10.1 Å². The lowest BCUT2D eigenvalue weighted by atomic mass is 9.85. The quantitative estimate of drug-likeness (QED) is 0.243. The number of Topliss-reactive ketones (excluding diaryl/α,β-unsaturated/α-hetero) is 1. The Bertz CT molecular complexity index is 1290. The molecular weight excluding hydrogens is 628 g/mol. The number of benzene rings is 2. The first kappa shape index (κ1) is 35.6. The van der Waals surface area contributed by atoms with E-state index in [0.717, 1.165) is 20.8 Å². The van der Waals surface area contributed by atoms with Crippen LogP contribution in [-0.2, 0) is 20.9 Å². The number of nitrogens with one attached hydrogen (secondary N) is 1. The van der Waals surface area contributed by atoms with Gasteiger partial charge in [0.15, 0.2) is 5.78 Å². The van der Waals surface area contributed by atoms with Crippen molar-refractivity contribution in [1.29, 1.82) is 0 Å². The van der Waals surface area contributed by atoms with Crippen LogP contribution in [-0.4, -0.2) is 42.5 Å². The van der Waals surface area contributed by atoms with E-state index in [1.54, 1.807) is 0 Å². The summed E-state index contributed by atoms with van der Waals surface area (Å²) < 4.78 is 196. The highest BCUT2D eigenvalue weighted by molar-refractivity contribution is 6.11. The highest BCUT2D eigenvalue weighted by Gasteiger charge is 2.76. The van der Waals surface area contributed by atoms with Gasteiger partial charge in [-0.3, -0.25) is 9.59 Å². The van der Waals surface area contributed by atoms with Crippen molar-refractivity contribution < 1.29 is 75.8 Å². The van der Waals surface area contributed by atoms with Gasteiger partial charge in [-0.15, -0.1) is 0 Å². The third kappa shape index (κ3) is 6.66. The Morgan fingerprint density at radius 3 is 1.49 bits per heavy atom. The summed E-state index contributed by atoms with van der Waals surface area (Å²) in [5, 5.41) is 2.03. The number of halogens is 14. The fourth-order valence-corrected chi connectivity index (χ4v) is 3.55. The third-order valence-electron chi connectivity index (χ3n) is 5.81. The van der Waals surface area contributed by atoms with Crippen molar-refractivity contribution in [3.63, 3.8) is 0 Å². The maximum atomic E-state index is 15.2. The van der Waals surface area contributed by atoms with E-state index in [1.165, 1.54) is 30.3 Å². The third-order valence-corrected chi connectivity index (χ3v) is 5.81. The number of para-hydroxylation sites is 1. The number of hydrogen-bond donors (Lipinski definition) is 1. The number of ketones is 1. The second-order valence-electron chi connectivity index (χ2n) is 9.99. The van der Waals surface area contributed by atoms with Crippen LogP contribution >= 0.6 is 0 Å². The first-order valence-electron chi connectivity index (χ1n) is 11.5. The van der Waals surface area contributed by atoms with E-state index in [-0.39, 0.29) is 5.69 Å². The molecule has 2 aromatic carbocycles. The van der Waals surface area contributed by atoms with Gasteiger partial charge in [0.05, 0.1) is 5.56 Å². The van der Waals surface area contributed by atoms with E-state index in [2.05, 4.69) is 0 Å². The molecule has 0 saturated carbocycles. The molecule has 1 amide bonds. The molecule has 0 aliphatic rings. The molecule has 0 bridgehead atoms. The van der Waals surface area contributed by atoms with E-state index in [4.69, 9.17) is 4.74 Å². The first-order chi connectivity index (χ1) is 19.1. The molecule has 1 atom stereocenters. The maximum Gasteiger partial charge on any atom is 0.436 e. The van der Waals surface area contributed by atoms with Crippen LogP contribution in [0, 0.1) is 5.41 Å². The summed E-state index contributed by atoms with van der Waals surface area (Å²) in [6, 6.07) is 4.16. The SMILES string of the molecule is CC(C)(C)C(=O)[C@@H](Oc1ccc(C(F)(C(F)(F)F)C(F)(F)F)cc1C(F)(C(F)(F)F)C(F)(F)F)C(=O)Nc1ccccc1.